The summed E-state index contributed by atoms with van der Waals surface area (Å²) in [6.45, 7) is 7.51. The van der Waals surface area contributed by atoms with Crippen LogP contribution in [0.3, 0.4) is 0 Å². The molecule has 2 aromatic carbocycles. The van der Waals surface area contributed by atoms with Gasteiger partial charge in [0.1, 0.15) is 18.1 Å². The summed E-state index contributed by atoms with van der Waals surface area (Å²) in [5.41, 5.74) is 3.07. The van der Waals surface area contributed by atoms with Crippen molar-refractivity contribution in [3.63, 3.8) is 0 Å². The fraction of sp³-hybridized carbons (Fsp3) is 0.304. The van der Waals surface area contributed by atoms with Crippen LogP contribution in [0.2, 0.25) is 0 Å². The molecule has 3 aromatic rings. The fourth-order valence-electron chi connectivity index (χ4n) is 2.75. The van der Waals surface area contributed by atoms with Gasteiger partial charge in [-0.15, -0.1) is 0 Å². The topological polar surface area (TPSA) is 55.6 Å². The van der Waals surface area contributed by atoms with Crippen molar-refractivity contribution < 1.29 is 13.9 Å². The Labute approximate surface area is 176 Å². The smallest absolute Gasteiger partial charge is 0.256 e. The molecule has 0 saturated carbocycles. The summed E-state index contributed by atoms with van der Waals surface area (Å²) in [6.07, 6.45) is 0. The van der Waals surface area contributed by atoms with Crippen molar-refractivity contribution in [1.82, 2.24) is 9.88 Å². The predicted octanol–water partition coefficient (Wildman–Crippen LogP) is 5.01. The van der Waals surface area contributed by atoms with Crippen LogP contribution in [-0.4, -0.2) is 28.1 Å². The minimum atomic E-state index is 0.0652. The maximum Gasteiger partial charge on any atom is 0.256 e. The Morgan fingerprint density at radius 3 is 2.41 bits per heavy atom. The molecule has 0 aliphatic rings. The summed E-state index contributed by atoms with van der Waals surface area (Å²) in [6, 6.07) is 18.0. The molecule has 6 heteroatoms. The van der Waals surface area contributed by atoms with Crippen molar-refractivity contribution in [3.8, 4) is 5.75 Å². The number of aromatic nitrogens is 1. The van der Waals surface area contributed by atoms with Gasteiger partial charge < -0.3 is 14.1 Å². The fourth-order valence-corrected chi connectivity index (χ4v) is 3.56. The second kappa shape index (κ2) is 10.2. The first-order valence-electron chi connectivity index (χ1n) is 9.65. The molecular formula is C23H26N2O3S. The normalized spacial score (nSPS) is 10.7. The van der Waals surface area contributed by atoms with E-state index in [1.807, 2.05) is 80.3 Å². The molecule has 0 aliphatic heterocycles. The number of oxazole rings is 1. The van der Waals surface area contributed by atoms with Crippen molar-refractivity contribution >= 4 is 17.7 Å². The zero-order valence-electron chi connectivity index (χ0n) is 17.1. The van der Waals surface area contributed by atoms with Gasteiger partial charge in [0.15, 0.2) is 0 Å². The van der Waals surface area contributed by atoms with Crippen LogP contribution in [0.4, 0.5) is 0 Å². The Morgan fingerprint density at radius 2 is 1.79 bits per heavy atom. The lowest BCUT2D eigenvalue weighted by atomic mass is 10.2. The SMILES string of the molecule is CCN(Cc1ccc(OCc2ccccc2)cc1)C(=O)CSc1nc(C)c(C)o1. The molecule has 0 spiro atoms. The molecule has 29 heavy (non-hydrogen) atoms. The maximum absolute atomic E-state index is 12.6. The molecule has 1 amide bonds. The number of thioether (sulfide) groups is 1. The number of hydrogen-bond acceptors (Lipinski definition) is 5. The molecule has 5 nitrogen and oxygen atoms in total. The van der Waals surface area contributed by atoms with Crippen LogP contribution in [0, 0.1) is 13.8 Å². The first-order valence-corrected chi connectivity index (χ1v) is 10.6. The van der Waals surface area contributed by atoms with E-state index in [1.165, 1.54) is 11.8 Å². The molecule has 0 radical (unpaired) electrons. The Kier molecular flexibility index (Phi) is 7.36. The largest absolute Gasteiger partial charge is 0.489 e. The standard InChI is InChI=1S/C23H26N2O3S/c1-4-25(22(26)16-29-23-24-17(2)18(3)28-23)14-19-10-12-21(13-11-19)27-15-20-8-6-5-7-9-20/h5-13H,4,14-16H2,1-3H3. The molecule has 0 unspecified atom stereocenters. The van der Waals surface area contributed by atoms with Crippen molar-refractivity contribution in [2.24, 2.45) is 0 Å². The summed E-state index contributed by atoms with van der Waals surface area (Å²) < 4.78 is 11.4. The lowest BCUT2D eigenvalue weighted by molar-refractivity contribution is -0.128. The van der Waals surface area contributed by atoms with E-state index >= 15 is 0 Å². The van der Waals surface area contributed by atoms with E-state index in [0.29, 0.717) is 30.7 Å². The second-order valence-corrected chi connectivity index (χ2v) is 7.66. The van der Waals surface area contributed by atoms with Gasteiger partial charge in [0.2, 0.25) is 5.91 Å². The molecule has 1 aromatic heterocycles. The molecule has 152 valence electrons. The Balaban J connectivity index is 1.50. The van der Waals surface area contributed by atoms with Crippen LogP contribution in [-0.2, 0) is 17.9 Å². The monoisotopic (exact) mass is 410 g/mol. The average molecular weight is 411 g/mol. The number of rotatable bonds is 9. The minimum Gasteiger partial charge on any atom is -0.489 e. The van der Waals surface area contributed by atoms with Gasteiger partial charge in [-0.3, -0.25) is 4.79 Å². The van der Waals surface area contributed by atoms with Crippen LogP contribution in [0.15, 0.2) is 64.2 Å². The zero-order valence-corrected chi connectivity index (χ0v) is 17.9. The van der Waals surface area contributed by atoms with Gasteiger partial charge in [0.25, 0.3) is 5.22 Å². The Morgan fingerprint density at radius 1 is 1.07 bits per heavy atom. The second-order valence-electron chi connectivity index (χ2n) is 6.74. The number of nitrogens with zero attached hydrogens (tertiary/aromatic N) is 2. The minimum absolute atomic E-state index is 0.0652. The van der Waals surface area contributed by atoms with E-state index in [0.717, 1.165) is 28.3 Å². The third-order valence-corrected chi connectivity index (χ3v) is 5.42. The van der Waals surface area contributed by atoms with Crippen molar-refractivity contribution in [1.29, 1.82) is 0 Å². The van der Waals surface area contributed by atoms with E-state index in [-0.39, 0.29) is 5.91 Å². The molecule has 0 fully saturated rings. The average Bonchev–Trinajstić information content (AvgIpc) is 3.07. The summed E-state index contributed by atoms with van der Waals surface area (Å²) in [4.78, 5) is 18.7. The van der Waals surface area contributed by atoms with Crippen molar-refractivity contribution in [2.75, 3.05) is 12.3 Å². The molecular weight excluding hydrogens is 384 g/mol. The van der Waals surface area contributed by atoms with E-state index in [4.69, 9.17) is 9.15 Å². The highest BCUT2D eigenvalue weighted by Crippen LogP contribution is 2.21. The molecule has 3 rings (SSSR count). The third kappa shape index (κ3) is 6.12. The number of aryl methyl sites for hydroxylation is 2. The Bertz CT molecular complexity index is 904. The molecule has 0 N–H and O–H groups in total. The van der Waals surface area contributed by atoms with Crippen LogP contribution in [0.25, 0.3) is 0 Å². The van der Waals surface area contributed by atoms with Gasteiger partial charge >= 0.3 is 0 Å². The summed E-state index contributed by atoms with van der Waals surface area (Å²) in [5.74, 6) is 1.99. The molecule has 0 bridgehead atoms. The molecule has 0 aliphatic carbocycles. The lowest BCUT2D eigenvalue weighted by Gasteiger charge is -2.20. The van der Waals surface area contributed by atoms with Crippen LogP contribution < -0.4 is 4.74 Å². The van der Waals surface area contributed by atoms with Gasteiger partial charge in [-0.25, -0.2) is 4.98 Å². The number of carbonyl (C=O) groups excluding carboxylic acids is 1. The molecule has 1 heterocycles. The number of hydrogen-bond donors (Lipinski definition) is 0. The van der Waals surface area contributed by atoms with E-state index in [2.05, 4.69) is 4.98 Å². The van der Waals surface area contributed by atoms with E-state index in [9.17, 15) is 4.79 Å². The number of ether oxygens (including phenoxy) is 1. The lowest BCUT2D eigenvalue weighted by Crippen LogP contribution is -2.31. The number of amides is 1. The van der Waals surface area contributed by atoms with Gasteiger partial charge in [-0.1, -0.05) is 54.2 Å². The zero-order chi connectivity index (χ0) is 20.6. The van der Waals surface area contributed by atoms with Crippen molar-refractivity contribution in [2.45, 2.75) is 39.1 Å². The van der Waals surface area contributed by atoms with Gasteiger partial charge in [0.05, 0.1) is 11.4 Å². The van der Waals surface area contributed by atoms with Gasteiger partial charge in [-0.2, -0.15) is 0 Å². The predicted molar refractivity (Wildman–Crippen MR) is 115 cm³/mol. The van der Waals surface area contributed by atoms with Gasteiger partial charge in [0, 0.05) is 13.1 Å². The highest BCUT2D eigenvalue weighted by Gasteiger charge is 2.15. The van der Waals surface area contributed by atoms with Crippen molar-refractivity contribution in [3.05, 3.63) is 77.2 Å². The van der Waals surface area contributed by atoms with Crippen LogP contribution in [0.5, 0.6) is 5.75 Å². The number of benzene rings is 2. The highest BCUT2D eigenvalue weighted by atomic mass is 32.2. The Hall–Kier alpha value is -2.73. The summed E-state index contributed by atoms with van der Waals surface area (Å²) in [7, 11) is 0. The van der Waals surface area contributed by atoms with Crippen LogP contribution in [0.1, 0.15) is 29.5 Å². The van der Waals surface area contributed by atoms with Gasteiger partial charge in [-0.05, 0) is 44.0 Å². The summed E-state index contributed by atoms with van der Waals surface area (Å²) >= 11 is 1.34. The van der Waals surface area contributed by atoms with Crippen LogP contribution >= 0.6 is 11.8 Å². The third-order valence-electron chi connectivity index (χ3n) is 4.61. The first-order chi connectivity index (χ1) is 14.0. The summed E-state index contributed by atoms with van der Waals surface area (Å²) in [5, 5.41) is 0.546. The molecule has 0 atom stereocenters. The highest BCUT2D eigenvalue weighted by molar-refractivity contribution is 7.99. The van der Waals surface area contributed by atoms with E-state index < -0.39 is 0 Å². The first kappa shape index (κ1) is 21.0. The quantitative estimate of drug-likeness (QED) is 0.464. The number of carbonyl (C=O) groups is 1. The van der Waals surface area contributed by atoms with E-state index in [1.54, 1.807) is 0 Å². The molecule has 0 saturated heterocycles. The maximum atomic E-state index is 12.6.